The molecule has 0 unspecified atom stereocenters. The van der Waals surface area contributed by atoms with Gasteiger partial charge in [-0.2, -0.15) is 0 Å². The summed E-state index contributed by atoms with van der Waals surface area (Å²) in [6.07, 6.45) is 0.498. The first-order chi connectivity index (χ1) is 7.82. The molecule has 0 saturated carbocycles. The summed E-state index contributed by atoms with van der Waals surface area (Å²) in [6, 6.07) is 0. The Morgan fingerprint density at radius 2 is 2.18 bits per heavy atom. The maximum Gasteiger partial charge on any atom is 0.264 e. The summed E-state index contributed by atoms with van der Waals surface area (Å²) in [5.74, 6) is -0.166. The lowest BCUT2D eigenvalue weighted by atomic mass is 9.91. The van der Waals surface area contributed by atoms with Crippen LogP contribution < -0.4 is 11.1 Å². The van der Waals surface area contributed by atoms with Crippen molar-refractivity contribution in [3.8, 4) is 0 Å². The first-order valence-corrected chi connectivity index (χ1v) is 6.40. The number of aromatic nitrogens is 2. The fourth-order valence-corrected chi connectivity index (χ4v) is 2.10. The van der Waals surface area contributed by atoms with E-state index in [9.17, 15) is 4.79 Å². The molecule has 3 N–H and O–H groups in total. The lowest BCUT2D eigenvalue weighted by Gasteiger charge is -2.16. The number of hydrogen-bond acceptors (Lipinski definition) is 5. The minimum absolute atomic E-state index is 0.166. The van der Waals surface area contributed by atoms with E-state index in [0.717, 1.165) is 17.2 Å². The molecule has 1 aromatic heterocycles. The van der Waals surface area contributed by atoms with Crippen LogP contribution in [0.3, 0.4) is 0 Å². The Morgan fingerprint density at radius 1 is 1.53 bits per heavy atom. The maximum absolute atomic E-state index is 11.9. The van der Waals surface area contributed by atoms with E-state index in [1.165, 1.54) is 0 Å². The van der Waals surface area contributed by atoms with Gasteiger partial charge in [-0.05, 0) is 11.5 Å². The van der Waals surface area contributed by atoms with Crippen LogP contribution in [0, 0.1) is 0 Å². The van der Waals surface area contributed by atoms with E-state index >= 15 is 0 Å². The number of nitrogens with one attached hydrogen (secondary N) is 1. The highest BCUT2D eigenvalue weighted by Gasteiger charge is 2.25. The fourth-order valence-electron chi connectivity index (χ4n) is 1.21. The molecule has 0 bridgehead atoms. The van der Waals surface area contributed by atoms with E-state index in [-0.39, 0.29) is 11.3 Å². The second-order valence-electron chi connectivity index (χ2n) is 4.67. The quantitative estimate of drug-likeness (QED) is 0.806. The van der Waals surface area contributed by atoms with Gasteiger partial charge in [-0.1, -0.05) is 37.5 Å². The van der Waals surface area contributed by atoms with Crippen molar-refractivity contribution in [2.45, 2.75) is 32.6 Å². The molecule has 0 aliphatic rings. The van der Waals surface area contributed by atoms with Crippen LogP contribution in [0.4, 0.5) is 0 Å². The first kappa shape index (κ1) is 14.0. The predicted molar refractivity (Wildman–Crippen MR) is 72.3 cm³/mol. The third-order valence-electron chi connectivity index (χ3n) is 2.06. The molecule has 1 aromatic rings. The smallest absolute Gasteiger partial charge is 0.264 e. The van der Waals surface area contributed by atoms with E-state index < -0.39 is 0 Å². The second kappa shape index (κ2) is 5.50. The predicted octanol–water partition coefficient (Wildman–Crippen LogP) is 1.24. The molecule has 1 rings (SSSR count). The van der Waals surface area contributed by atoms with Gasteiger partial charge >= 0.3 is 0 Å². The highest BCUT2D eigenvalue weighted by Crippen LogP contribution is 2.25. The summed E-state index contributed by atoms with van der Waals surface area (Å²) in [5, 5.41) is 6.76. The van der Waals surface area contributed by atoms with E-state index in [4.69, 9.17) is 18.0 Å². The Labute approximate surface area is 110 Å². The van der Waals surface area contributed by atoms with Crippen LogP contribution in [0.1, 0.15) is 42.6 Å². The number of carbonyl (C=O) groups is 1. The largest absolute Gasteiger partial charge is 0.393 e. The zero-order valence-corrected chi connectivity index (χ0v) is 11.7. The first-order valence-electron chi connectivity index (χ1n) is 5.21. The Balaban J connectivity index is 2.70. The molecule has 0 aliphatic heterocycles. The van der Waals surface area contributed by atoms with Gasteiger partial charge in [-0.3, -0.25) is 4.79 Å². The Bertz CT molecular complexity index is 422. The van der Waals surface area contributed by atoms with Crippen molar-refractivity contribution in [2.75, 3.05) is 6.54 Å². The standard InChI is InChI=1S/C10H16N4OS2/c1-10(2,3)8-7(17-14-13-8)9(15)12-5-4-6(11)16/h4-5H2,1-3H3,(H2,11,16)(H,12,15). The number of rotatable bonds is 4. The number of nitrogens with two attached hydrogens (primary N) is 1. The van der Waals surface area contributed by atoms with Crippen molar-refractivity contribution < 1.29 is 4.79 Å². The zero-order valence-electron chi connectivity index (χ0n) is 10.1. The van der Waals surface area contributed by atoms with Crippen LogP contribution in [-0.4, -0.2) is 27.0 Å². The monoisotopic (exact) mass is 272 g/mol. The maximum atomic E-state index is 11.9. The summed E-state index contributed by atoms with van der Waals surface area (Å²) in [4.78, 5) is 12.8. The lowest BCUT2D eigenvalue weighted by molar-refractivity contribution is 0.0956. The van der Waals surface area contributed by atoms with Gasteiger partial charge in [0.25, 0.3) is 5.91 Å². The van der Waals surface area contributed by atoms with E-state index in [1.54, 1.807) is 0 Å². The average Bonchev–Trinajstić information content (AvgIpc) is 2.64. The summed E-state index contributed by atoms with van der Waals surface area (Å²) in [7, 11) is 0. The molecular formula is C10H16N4OS2. The van der Waals surface area contributed by atoms with Gasteiger partial charge in [0, 0.05) is 18.4 Å². The minimum atomic E-state index is -0.192. The van der Waals surface area contributed by atoms with Gasteiger partial charge < -0.3 is 11.1 Å². The molecule has 1 amide bonds. The molecule has 94 valence electrons. The fraction of sp³-hybridized carbons (Fsp3) is 0.600. The Morgan fingerprint density at radius 3 is 2.71 bits per heavy atom. The van der Waals surface area contributed by atoms with Gasteiger partial charge in [0.1, 0.15) is 4.88 Å². The molecule has 0 saturated heterocycles. The van der Waals surface area contributed by atoms with Crippen molar-refractivity contribution in [2.24, 2.45) is 5.73 Å². The number of hydrogen-bond donors (Lipinski definition) is 2. The number of nitrogens with zero attached hydrogens (tertiary/aromatic N) is 2. The Hall–Kier alpha value is -1.08. The van der Waals surface area contributed by atoms with Crippen molar-refractivity contribution >= 4 is 34.6 Å². The zero-order chi connectivity index (χ0) is 13.1. The third-order valence-corrected chi connectivity index (χ3v) is 2.99. The van der Waals surface area contributed by atoms with Crippen LogP contribution in [0.15, 0.2) is 0 Å². The highest BCUT2D eigenvalue weighted by molar-refractivity contribution is 7.80. The molecular weight excluding hydrogens is 256 g/mol. The van der Waals surface area contributed by atoms with Gasteiger partial charge in [-0.25, -0.2) is 0 Å². The summed E-state index contributed by atoms with van der Waals surface area (Å²) < 4.78 is 3.83. The van der Waals surface area contributed by atoms with Crippen molar-refractivity contribution in [3.63, 3.8) is 0 Å². The van der Waals surface area contributed by atoms with Crippen LogP contribution in [-0.2, 0) is 5.41 Å². The molecule has 0 aromatic carbocycles. The molecule has 1 heterocycles. The molecule has 0 atom stereocenters. The average molecular weight is 272 g/mol. The van der Waals surface area contributed by atoms with Gasteiger partial charge in [0.15, 0.2) is 0 Å². The molecule has 0 spiro atoms. The van der Waals surface area contributed by atoms with E-state index in [2.05, 4.69) is 14.9 Å². The third kappa shape index (κ3) is 4.01. The minimum Gasteiger partial charge on any atom is -0.393 e. The van der Waals surface area contributed by atoms with Crippen molar-refractivity contribution in [1.82, 2.24) is 14.9 Å². The van der Waals surface area contributed by atoms with Crippen LogP contribution in [0.2, 0.25) is 0 Å². The molecule has 0 radical (unpaired) electrons. The van der Waals surface area contributed by atoms with Crippen molar-refractivity contribution in [1.29, 1.82) is 0 Å². The van der Waals surface area contributed by atoms with Crippen molar-refractivity contribution in [3.05, 3.63) is 10.6 Å². The van der Waals surface area contributed by atoms with Crippen LogP contribution in [0.5, 0.6) is 0 Å². The summed E-state index contributed by atoms with van der Waals surface area (Å²) in [6.45, 7) is 6.43. The van der Waals surface area contributed by atoms with Gasteiger partial charge in [0.2, 0.25) is 0 Å². The second-order valence-corrected chi connectivity index (χ2v) is 5.95. The van der Waals surface area contributed by atoms with Gasteiger partial charge in [-0.15, -0.1) is 5.10 Å². The Kier molecular flexibility index (Phi) is 4.53. The molecule has 7 heteroatoms. The van der Waals surface area contributed by atoms with E-state index in [1.807, 2.05) is 20.8 Å². The van der Waals surface area contributed by atoms with E-state index in [0.29, 0.717) is 22.8 Å². The number of carbonyl (C=O) groups excluding carboxylic acids is 1. The molecule has 0 fully saturated rings. The van der Waals surface area contributed by atoms with Gasteiger partial charge in [0.05, 0.1) is 10.7 Å². The summed E-state index contributed by atoms with van der Waals surface area (Å²) in [5.41, 5.74) is 5.88. The molecule has 5 nitrogen and oxygen atoms in total. The number of thiocarbonyl (C=S) groups is 1. The van der Waals surface area contributed by atoms with Crippen LogP contribution >= 0.6 is 23.8 Å². The highest BCUT2D eigenvalue weighted by atomic mass is 32.1. The van der Waals surface area contributed by atoms with Crippen LogP contribution in [0.25, 0.3) is 0 Å². The molecule has 17 heavy (non-hydrogen) atoms. The number of amides is 1. The SMILES string of the molecule is CC(C)(C)c1nnsc1C(=O)NCCC(N)=S. The normalized spacial score (nSPS) is 11.2. The lowest BCUT2D eigenvalue weighted by Crippen LogP contribution is -2.29. The topological polar surface area (TPSA) is 80.9 Å². The molecule has 0 aliphatic carbocycles. The summed E-state index contributed by atoms with van der Waals surface area (Å²) >= 11 is 5.84.